The zero-order valence-corrected chi connectivity index (χ0v) is 18.5. The molecule has 162 valence electrons. The molecule has 2 N–H and O–H groups in total. The smallest absolute Gasteiger partial charge is 0.262 e. The summed E-state index contributed by atoms with van der Waals surface area (Å²) in [6, 6.07) is 12.7. The molecule has 0 atom stereocenters. The van der Waals surface area contributed by atoms with E-state index in [1.165, 1.54) is 0 Å². The SMILES string of the molecule is Cc1ccc2c(c1)c(CC(=O)NCCCCNC=O)c(C)n2C(=O)c1ccc(Cl)cc1. The summed E-state index contributed by atoms with van der Waals surface area (Å²) < 4.78 is 1.67. The van der Waals surface area contributed by atoms with Gasteiger partial charge in [0.25, 0.3) is 5.91 Å². The van der Waals surface area contributed by atoms with E-state index in [0.717, 1.165) is 40.6 Å². The summed E-state index contributed by atoms with van der Waals surface area (Å²) in [7, 11) is 0. The molecular weight excluding hydrogens is 414 g/mol. The summed E-state index contributed by atoms with van der Waals surface area (Å²) in [4.78, 5) is 36.1. The van der Waals surface area contributed by atoms with Gasteiger partial charge in [0.2, 0.25) is 12.3 Å². The van der Waals surface area contributed by atoms with E-state index in [9.17, 15) is 14.4 Å². The third-order valence-electron chi connectivity index (χ3n) is 5.28. The molecule has 0 unspecified atom stereocenters. The standard InChI is InChI=1S/C24H26ClN3O3/c1-16-5-10-22-21(13-16)20(14-23(30)27-12-4-3-11-26-15-29)17(2)28(22)24(31)18-6-8-19(25)9-7-18/h5-10,13,15H,3-4,11-12,14H2,1-2H3,(H,26,29)(H,27,30). The predicted molar refractivity (Wildman–Crippen MR) is 123 cm³/mol. The summed E-state index contributed by atoms with van der Waals surface area (Å²) in [5, 5.41) is 7.01. The van der Waals surface area contributed by atoms with Gasteiger partial charge in [-0.3, -0.25) is 19.0 Å². The molecule has 1 aromatic heterocycles. The Morgan fingerprint density at radius 2 is 1.74 bits per heavy atom. The van der Waals surface area contributed by atoms with Crippen molar-refractivity contribution < 1.29 is 14.4 Å². The van der Waals surface area contributed by atoms with Gasteiger partial charge in [-0.2, -0.15) is 0 Å². The van der Waals surface area contributed by atoms with E-state index in [2.05, 4.69) is 10.6 Å². The third kappa shape index (κ3) is 5.33. The number of rotatable bonds is 9. The second kappa shape index (κ2) is 10.3. The van der Waals surface area contributed by atoms with Gasteiger partial charge in [0.1, 0.15) is 0 Å². The van der Waals surface area contributed by atoms with Gasteiger partial charge in [-0.15, -0.1) is 0 Å². The Kier molecular flexibility index (Phi) is 7.47. The van der Waals surface area contributed by atoms with Gasteiger partial charge in [-0.1, -0.05) is 23.2 Å². The number of halogens is 1. The molecule has 1 heterocycles. The number of amides is 2. The number of carbonyl (C=O) groups excluding carboxylic acids is 3. The van der Waals surface area contributed by atoms with Crippen molar-refractivity contribution in [3.63, 3.8) is 0 Å². The highest BCUT2D eigenvalue weighted by molar-refractivity contribution is 6.30. The highest BCUT2D eigenvalue weighted by Gasteiger charge is 2.21. The van der Waals surface area contributed by atoms with E-state index >= 15 is 0 Å². The van der Waals surface area contributed by atoms with Crippen LogP contribution in [0.5, 0.6) is 0 Å². The van der Waals surface area contributed by atoms with Gasteiger partial charge in [0, 0.05) is 34.8 Å². The molecule has 3 aromatic rings. The zero-order chi connectivity index (χ0) is 22.4. The summed E-state index contributed by atoms with van der Waals surface area (Å²) in [5.41, 5.74) is 3.98. The molecule has 0 bridgehead atoms. The van der Waals surface area contributed by atoms with Crippen molar-refractivity contribution in [3.8, 4) is 0 Å². The van der Waals surface area contributed by atoms with Crippen LogP contribution in [0.1, 0.15) is 40.0 Å². The first-order chi connectivity index (χ1) is 14.9. The Morgan fingerprint density at radius 1 is 1.03 bits per heavy atom. The quantitative estimate of drug-likeness (QED) is 0.393. The highest BCUT2D eigenvalue weighted by Crippen LogP contribution is 2.28. The Bertz CT molecular complexity index is 1100. The van der Waals surface area contributed by atoms with Gasteiger partial charge in [0.05, 0.1) is 11.9 Å². The molecule has 0 saturated heterocycles. The first kappa shape index (κ1) is 22.6. The number of aryl methyl sites for hydroxylation is 1. The van der Waals surface area contributed by atoms with Crippen molar-refractivity contribution in [2.75, 3.05) is 13.1 Å². The minimum absolute atomic E-state index is 0.0917. The molecular formula is C24H26ClN3O3. The minimum Gasteiger partial charge on any atom is -0.359 e. The van der Waals surface area contributed by atoms with Crippen molar-refractivity contribution in [3.05, 3.63) is 69.9 Å². The van der Waals surface area contributed by atoms with Crippen LogP contribution < -0.4 is 10.6 Å². The summed E-state index contributed by atoms with van der Waals surface area (Å²) in [5.74, 6) is -0.247. The number of aromatic nitrogens is 1. The van der Waals surface area contributed by atoms with Crippen molar-refractivity contribution in [1.29, 1.82) is 0 Å². The van der Waals surface area contributed by atoms with Crippen molar-refractivity contribution >= 4 is 40.7 Å². The number of hydrogen-bond donors (Lipinski definition) is 2. The van der Waals surface area contributed by atoms with Crippen LogP contribution in [0.4, 0.5) is 0 Å². The lowest BCUT2D eigenvalue weighted by Gasteiger charge is -2.08. The number of nitrogens with one attached hydrogen (secondary N) is 2. The molecule has 0 aliphatic rings. The van der Waals surface area contributed by atoms with Crippen molar-refractivity contribution in [1.82, 2.24) is 15.2 Å². The van der Waals surface area contributed by atoms with Gasteiger partial charge in [0.15, 0.2) is 0 Å². The van der Waals surface area contributed by atoms with E-state index in [1.54, 1.807) is 28.8 Å². The summed E-state index contributed by atoms with van der Waals surface area (Å²) >= 11 is 5.96. The number of nitrogens with zero attached hydrogens (tertiary/aromatic N) is 1. The fourth-order valence-electron chi connectivity index (χ4n) is 3.67. The Hall–Kier alpha value is -3.12. The molecule has 0 aliphatic carbocycles. The average molecular weight is 440 g/mol. The molecule has 0 radical (unpaired) electrons. The van der Waals surface area contributed by atoms with Crippen LogP contribution in [-0.4, -0.2) is 35.9 Å². The molecule has 0 spiro atoms. The average Bonchev–Trinajstić information content (AvgIpc) is 3.01. The molecule has 3 rings (SSSR count). The maximum absolute atomic E-state index is 13.3. The Morgan fingerprint density at radius 3 is 2.45 bits per heavy atom. The Balaban J connectivity index is 1.84. The van der Waals surface area contributed by atoms with Crippen LogP contribution in [0.3, 0.4) is 0 Å². The largest absolute Gasteiger partial charge is 0.359 e. The molecule has 6 nitrogen and oxygen atoms in total. The molecule has 7 heteroatoms. The van der Waals surface area contributed by atoms with E-state index < -0.39 is 0 Å². The summed E-state index contributed by atoms with van der Waals surface area (Å²) in [6.07, 6.45) is 2.44. The molecule has 31 heavy (non-hydrogen) atoms. The lowest BCUT2D eigenvalue weighted by atomic mass is 10.1. The van der Waals surface area contributed by atoms with E-state index in [4.69, 9.17) is 11.6 Å². The maximum Gasteiger partial charge on any atom is 0.262 e. The van der Waals surface area contributed by atoms with E-state index in [1.807, 2.05) is 32.0 Å². The first-order valence-electron chi connectivity index (χ1n) is 10.3. The molecule has 0 saturated carbocycles. The van der Waals surface area contributed by atoms with Gasteiger partial charge < -0.3 is 10.6 Å². The molecule has 0 aliphatic heterocycles. The van der Waals surface area contributed by atoms with Crippen LogP contribution in [0.15, 0.2) is 42.5 Å². The van der Waals surface area contributed by atoms with Gasteiger partial charge >= 0.3 is 0 Å². The lowest BCUT2D eigenvalue weighted by molar-refractivity contribution is -0.120. The topological polar surface area (TPSA) is 80.2 Å². The molecule has 2 amide bonds. The monoisotopic (exact) mass is 439 g/mol. The highest BCUT2D eigenvalue weighted by atomic mass is 35.5. The van der Waals surface area contributed by atoms with Crippen LogP contribution in [0, 0.1) is 13.8 Å². The molecule has 2 aromatic carbocycles. The van der Waals surface area contributed by atoms with E-state index in [0.29, 0.717) is 30.1 Å². The maximum atomic E-state index is 13.3. The lowest BCUT2D eigenvalue weighted by Crippen LogP contribution is -2.27. The zero-order valence-electron chi connectivity index (χ0n) is 17.7. The summed E-state index contributed by atoms with van der Waals surface area (Å²) in [6.45, 7) is 5.00. The third-order valence-corrected chi connectivity index (χ3v) is 5.53. The second-order valence-corrected chi connectivity index (χ2v) is 7.97. The number of hydrogen-bond acceptors (Lipinski definition) is 3. The number of benzene rings is 2. The number of carbonyl (C=O) groups is 3. The van der Waals surface area contributed by atoms with Gasteiger partial charge in [-0.25, -0.2) is 0 Å². The van der Waals surface area contributed by atoms with Gasteiger partial charge in [-0.05, 0) is 68.7 Å². The van der Waals surface area contributed by atoms with Crippen LogP contribution in [0.2, 0.25) is 5.02 Å². The Labute approximate surface area is 186 Å². The van der Waals surface area contributed by atoms with Crippen molar-refractivity contribution in [2.24, 2.45) is 0 Å². The predicted octanol–water partition coefficient (Wildman–Crippen LogP) is 3.78. The fraction of sp³-hybridized carbons (Fsp3) is 0.292. The number of unbranched alkanes of at least 4 members (excludes halogenated alkanes) is 1. The van der Waals surface area contributed by atoms with Crippen LogP contribution in [0.25, 0.3) is 10.9 Å². The fourth-order valence-corrected chi connectivity index (χ4v) is 3.79. The second-order valence-electron chi connectivity index (χ2n) is 7.54. The van der Waals surface area contributed by atoms with Crippen LogP contribution in [-0.2, 0) is 16.0 Å². The first-order valence-corrected chi connectivity index (χ1v) is 10.6. The normalized spacial score (nSPS) is 10.8. The number of fused-ring (bicyclic) bond motifs is 1. The molecule has 0 fully saturated rings. The van der Waals surface area contributed by atoms with E-state index in [-0.39, 0.29) is 18.2 Å². The van der Waals surface area contributed by atoms with Crippen LogP contribution >= 0.6 is 11.6 Å². The van der Waals surface area contributed by atoms with Crippen molar-refractivity contribution in [2.45, 2.75) is 33.1 Å². The minimum atomic E-state index is -0.155.